The van der Waals surface area contributed by atoms with Crippen LogP contribution in [0.5, 0.6) is 0 Å². The highest BCUT2D eigenvalue weighted by atomic mass is 16.3. The van der Waals surface area contributed by atoms with E-state index in [2.05, 4.69) is 23.9 Å². The molecule has 0 aliphatic heterocycles. The van der Waals surface area contributed by atoms with Crippen molar-refractivity contribution < 1.29 is 5.11 Å². The number of aryl methyl sites for hydroxylation is 2. The molecular formula is C13H20N4O. The first-order chi connectivity index (χ1) is 8.76. The number of hydrogen-bond donors (Lipinski definition) is 1. The van der Waals surface area contributed by atoms with Crippen molar-refractivity contribution in [2.45, 2.75) is 45.9 Å². The van der Waals surface area contributed by atoms with Crippen molar-refractivity contribution in [2.75, 3.05) is 0 Å². The fraction of sp³-hybridized carbons (Fsp3) is 0.538. The molecule has 2 aromatic rings. The summed E-state index contributed by atoms with van der Waals surface area (Å²) >= 11 is 0. The molecule has 0 radical (unpaired) electrons. The minimum Gasteiger partial charge on any atom is -0.386 e. The third-order valence-electron chi connectivity index (χ3n) is 3.04. The van der Waals surface area contributed by atoms with Gasteiger partial charge in [-0.3, -0.25) is 4.68 Å². The Kier molecular flexibility index (Phi) is 4.15. The quantitative estimate of drug-likeness (QED) is 0.848. The summed E-state index contributed by atoms with van der Waals surface area (Å²) in [5.74, 6) is 0.911. The molecule has 0 aliphatic rings. The predicted octanol–water partition coefficient (Wildman–Crippen LogP) is 1.79. The smallest absolute Gasteiger partial charge is 0.111 e. The van der Waals surface area contributed by atoms with E-state index in [0.717, 1.165) is 31.0 Å². The minimum absolute atomic E-state index is 0.524. The molecule has 0 saturated carbocycles. The van der Waals surface area contributed by atoms with Crippen LogP contribution >= 0.6 is 0 Å². The van der Waals surface area contributed by atoms with Gasteiger partial charge in [0.15, 0.2) is 0 Å². The zero-order chi connectivity index (χ0) is 13.0. The van der Waals surface area contributed by atoms with Gasteiger partial charge in [-0.2, -0.15) is 5.10 Å². The molecular weight excluding hydrogens is 228 g/mol. The minimum atomic E-state index is -0.549. The van der Waals surface area contributed by atoms with Crippen LogP contribution in [0.3, 0.4) is 0 Å². The van der Waals surface area contributed by atoms with Crippen LogP contribution in [0.4, 0.5) is 0 Å². The monoisotopic (exact) mass is 248 g/mol. The molecule has 2 rings (SSSR count). The van der Waals surface area contributed by atoms with Crippen molar-refractivity contribution in [3.8, 4) is 0 Å². The highest BCUT2D eigenvalue weighted by molar-refractivity contribution is 5.08. The van der Waals surface area contributed by atoms with E-state index >= 15 is 0 Å². The largest absolute Gasteiger partial charge is 0.386 e. The average molecular weight is 248 g/mol. The maximum atomic E-state index is 10.3. The first kappa shape index (κ1) is 12.8. The normalized spacial score (nSPS) is 12.8. The van der Waals surface area contributed by atoms with E-state index in [1.165, 1.54) is 0 Å². The maximum Gasteiger partial charge on any atom is 0.111 e. The lowest BCUT2D eigenvalue weighted by Gasteiger charge is -2.13. The predicted molar refractivity (Wildman–Crippen MR) is 69.1 cm³/mol. The van der Waals surface area contributed by atoms with E-state index in [9.17, 15) is 5.11 Å². The summed E-state index contributed by atoms with van der Waals surface area (Å²) in [5, 5.41) is 14.5. The van der Waals surface area contributed by atoms with Crippen LogP contribution in [-0.4, -0.2) is 24.4 Å². The Morgan fingerprint density at radius 3 is 2.89 bits per heavy atom. The standard InChI is InChI=1S/C13H20N4O/c1-3-8-17-11(5-6-15-17)12(18)10-13-14-7-9-16(13)4-2/h5-7,9,12,18H,3-4,8,10H2,1-2H3. The second kappa shape index (κ2) is 5.82. The zero-order valence-corrected chi connectivity index (χ0v) is 11.0. The van der Waals surface area contributed by atoms with Gasteiger partial charge in [0.25, 0.3) is 0 Å². The Morgan fingerprint density at radius 1 is 1.33 bits per heavy atom. The highest BCUT2D eigenvalue weighted by Gasteiger charge is 2.15. The van der Waals surface area contributed by atoms with Gasteiger partial charge in [0, 0.05) is 38.1 Å². The fourth-order valence-corrected chi connectivity index (χ4v) is 2.12. The van der Waals surface area contributed by atoms with Crippen LogP contribution in [0.25, 0.3) is 0 Å². The topological polar surface area (TPSA) is 55.9 Å². The number of nitrogens with zero attached hydrogens (tertiary/aromatic N) is 4. The van der Waals surface area contributed by atoms with Crippen LogP contribution in [0.2, 0.25) is 0 Å². The number of aliphatic hydroxyl groups is 1. The van der Waals surface area contributed by atoms with Crippen LogP contribution in [0.1, 0.15) is 37.9 Å². The lowest BCUT2D eigenvalue weighted by molar-refractivity contribution is 0.163. The molecule has 2 aromatic heterocycles. The Morgan fingerprint density at radius 2 is 2.17 bits per heavy atom. The zero-order valence-electron chi connectivity index (χ0n) is 11.0. The van der Waals surface area contributed by atoms with Crippen LogP contribution in [0.15, 0.2) is 24.7 Å². The fourth-order valence-electron chi connectivity index (χ4n) is 2.12. The van der Waals surface area contributed by atoms with Gasteiger partial charge in [-0.15, -0.1) is 0 Å². The number of rotatable bonds is 6. The van der Waals surface area contributed by atoms with Crippen LogP contribution in [0, 0.1) is 0 Å². The van der Waals surface area contributed by atoms with Crippen molar-refractivity contribution in [2.24, 2.45) is 0 Å². The molecule has 1 unspecified atom stereocenters. The van der Waals surface area contributed by atoms with Crippen LogP contribution in [-0.2, 0) is 19.5 Å². The van der Waals surface area contributed by atoms with Gasteiger partial charge in [0.2, 0.25) is 0 Å². The average Bonchev–Trinajstić information content (AvgIpc) is 2.98. The first-order valence-electron chi connectivity index (χ1n) is 6.46. The third kappa shape index (κ3) is 2.61. The summed E-state index contributed by atoms with van der Waals surface area (Å²) < 4.78 is 3.91. The van der Waals surface area contributed by atoms with E-state index in [0.29, 0.717) is 6.42 Å². The molecule has 5 nitrogen and oxygen atoms in total. The third-order valence-corrected chi connectivity index (χ3v) is 3.04. The van der Waals surface area contributed by atoms with E-state index in [4.69, 9.17) is 0 Å². The summed E-state index contributed by atoms with van der Waals surface area (Å²) in [6, 6.07) is 1.87. The lowest BCUT2D eigenvalue weighted by Crippen LogP contribution is -2.13. The Hall–Kier alpha value is -1.62. The Labute approximate surface area is 107 Å². The van der Waals surface area contributed by atoms with Gasteiger partial charge >= 0.3 is 0 Å². The number of imidazole rings is 1. The molecule has 18 heavy (non-hydrogen) atoms. The molecule has 2 heterocycles. The van der Waals surface area contributed by atoms with Crippen molar-refractivity contribution in [3.63, 3.8) is 0 Å². The van der Waals surface area contributed by atoms with E-state index in [-0.39, 0.29) is 0 Å². The van der Waals surface area contributed by atoms with Crippen molar-refractivity contribution >= 4 is 0 Å². The SMILES string of the molecule is CCCn1nccc1C(O)Cc1nccn1CC. The van der Waals surface area contributed by atoms with Gasteiger partial charge in [0.1, 0.15) is 11.9 Å². The van der Waals surface area contributed by atoms with Crippen molar-refractivity contribution in [3.05, 3.63) is 36.2 Å². The summed E-state index contributed by atoms with van der Waals surface area (Å²) in [5.41, 5.74) is 0.863. The molecule has 1 N–H and O–H groups in total. The lowest BCUT2D eigenvalue weighted by atomic mass is 10.1. The summed E-state index contributed by atoms with van der Waals surface area (Å²) in [7, 11) is 0. The van der Waals surface area contributed by atoms with Gasteiger partial charge in [-0.25, -0.2) is 4.98 Å². The molecule has 0 aliphatic carbocycles. The molecule has 0 aromatic carbocycles. The van der Waals surface area contributed by atoms with Gasteiger partial charge < -0.3 is 9.67 Å². The van der Waals surface area contributed by atoms with Gasteiger partial charge in [0.05, 0.1) is 5.69 Å². The second-order valence-corrected chi connectivity index (χ2v) is 4.33. The van der Waals surface area contributed by atoms with E-state index in [1.807, 2.05) is 21.5 Å². The Balaban J connectivity index is 2.11. The second-order valence-electron chi connectivity index (χ2n) is 4.33. The number of hydrogen-bond acceptors (Lipinski definition) is 3. The number of aliphatic hydroxyl groups excluding tert-OH is 1. The van der Waals surface area contributed by atoms with Crippen molar-refractivity contribution in [1.82, 2.24) is 19.3 Å². The summed E-state index contributed by atoms with van der Waals surface area (Å²) in [6.07, 6.45) is 6.42. The molecule has 0 bridgehead atoms. The molecule has 0 spiro atoms. The number of aromatic nitrogens is 4. The first-order valence-corrected chi connectivity index (χ1v) is 6.46. The molecule has 0 amide bonds. The molecule has 0 fully saturated rings. The molecule has 0 saturated heterocycles. The molecule has 1 atom stereocenters. The van der Waals surface area contributed by atoms with Gasteiger partial charge in [-0.05, 0) is 19.4 Å². The molecule has 98 valence electrons. The summed E-state index contributed by atoms with van der Waals surface area (Å²) in [6.45, 7) is 5.87. The van der Waals surface area contributed by atoms with Crippen LogP contribution < -0.4 is 0 Å². The van der Waals surface area contributed by atoms with Crippen molar-refractivity contribution in [1.29, 1.82) is 0 Å². The highest BCUT2D eigenvalue weighted by Crippen LogP contribution is 2.17. The van der Waals surface area contributed by atoms with E-state index < -0.39 is 6.10 Å². The summed E-state index contributed by atoms with van der Waals surface area (Å²) in [4.78, 5) is 4.29. The van der Waals surface area contributed by atoms with Gasteiger partial charge in [-0.1, -0.05) is 6.92 Å². The maximum absolute atomic E-state index is 10.3. The Bertz CT molecular complexity index is 489. The molecule has 5 heteroatoms. The van der Waals surface area contributed by atoms with E-state index in [1.54, 1.807) is 12.4 Å².